The molecule has 0 aliphatic rings. The second-order valence-corrected chi connectivity index (χ2v) is 5.87. The minimum absolute atomic E-state index is 0.0826. The maximum absolute atomic E-state index is 12.0. The Morgan fingerprint density at radius 2 is 1.76 bits per heavy atom. The van der Waals surface area contributed by atoms with Crippen molar-refractivity contribution in [2.24, 2.45) is 5.73 Å². The molecule has 6 heteroatoms. The number of aryl methyl sites for hydroxylation is 1. The highest BCUT2D eigenvalue weighted by molar-refractivity contribution is 5.97. The summed E-state index contributed by atoms with van der Waals surface area (Å²) in [5.41, 5.74) is 7.62. The fourth-order valence-electron chi connectivity index (χ4n) is 2.37. The zero-order valence-corrected chi connectivity index (χ0v) is 14.6. The fraction of sp³-hybridized carbons (Fsp3) is 0.263. The van der Waals surface area contributed by atoms with Gasteiger partial charge in [0.15, 0.2) is 0 Å². The third-order valence-corrected chi connectivity index (χ3v) is 3.79. The molecule has 2 atom stereocenters. The van der Waals surface area contributed by atoms with Crippen LogP contribution < -0.4 is 21.1 Å². The van der Waals surface area contributed by atoms with E-state index in [4.69, 9.17) is 10.5 Å². The van der Waals surface area contributed by atoms with Crippen molar-refractivity contribution >= 4 is 17.6 Å². The van der Waals surface area contributed by atoms with Crippen molar-refractivity contribution in [2.75, 3.05) is 5.32 Å². The standard InChI is InChI=1S/C19H23N3O3/c1-12-11-16(25-14(3)15-7-5-4-6-8-15)9-10-17(12)22-18(23)13(2)21-19(20)24/h4-11,13-14H,1-3H3,(H,22,23)(H3,20,21,24). The first-order valence-electron chi connectivity index (χ1n) is 8.06. The smallest absolute Gasteiger partial charge is 0.312 e. The number of hydrogen-bond donors (Lipinski definition) is 3. The monoisotopic (exact) mass is 341 g/mol. The maximum Gasteiger partial charge on any atom is 0.312 e. The van der Waals surface area contributed by atoms with Crippen LogP contribution in [0.5, 0.6) is 5.75 Å². The number of anilines is 1. The van der Waals surface area contributed by atoms with Gasteiger partial charge in [-0.1, -0.05) is 30.3 Å². The van der Waals surface area contributed by atoms with Crippen molar-refractivity contribution in [3.05, 3.63) is 59.7 Å². The SMILES string of the molecule is Cc1cc(OC(C)c2ccccc2)ccc1NC(=O)C(C)NC(N)=O. The predicted octanol–water partition coefficient (Wildman–Crippen LogP) is 3.13. The van der Waals surface area contributed by atoms with Gasteiger partial charge in [-0.15, -0.1) is 0 Å². The van der Waals surface area contributed by atoms with Gasteiger partial charge in [0, 0.05) is 5.69 Å². The first kappa shape index (κ1) is 18.3. The Hall–Kier alpha value is -3.02. The molecule has 0 aromatic heterocycles. The molecule has 2 rings (SSSR count). The largest absolute Gasteiger partial charge is 0.486 e. The number of amides is 3. The summed E-state index contributed by atoms with van der Waals surface area (Å²) in [6.45, 7) is 5.42. The van der Waals surface area contributed by atoms with Gasteiger partial charge in [0.05, 0.1) is 0 Å². The lowest BCUT2D eigenvalue weighted by Crippen LogP contribution is -2.44. The van der Waals surface area contributed by atoms with Gasteiger partial charge in [-0.05, 0) is 50.1 Å². The van der Waals surface area contributed by atoms with Gasteiger partial charge in [-0.25, -0.2) is 4.79 Å². The van der Waals surface area contributed by atoms with E-state index in [1.807, 2.05) is 50.2 Å². The third kappa shape index (κ3) is 5.24. The van der Waals surface area contributed by atoms with Crippen LogP contribution in [0, 0.1) is 6.92 Å². The molecule has 0 saturated carbocycles. The average Bonchev–Trinajstić information content (AvgIpc) is 2.57. The van der Waals surface area contributed by atoms with Crippen LogP contribution in [0.3, 0.4) is 0 Å². The summed E-state index contributed by atoms with van der Waals surface area (Å²) in [7, 11) is 0. The number of rotatable bonds is 6. The molecule has 25 heavy (non-hydrogen) atoms. The van der Waals surface area contributed by atoms with Gasteiger partial charge in [0.25, 0.3) is 0 Å². The van der Waals surface area contributed by atoms with Crippen molar-refractivity contribution in [3.63, 3.8) is 0 Å². The third-order valence-electron chi connectivity index (χ3n) is 3.79. The molecule has 0 fully saturated rings. The molecule has 0 aliphatic heterocycles. The molecule has 3 amide bonds. The number of carbonyl (C=O) groups excluding carboxylic acids is 2. The Labute approximate surface area is 147 Å². The molecule has 6 nitrogen and oxygen atoms in total. The van der Waals surface area contributed by atoms with Gasteiger partial charge < -0.3 is 21.1 Å². The second-order valence-electron chi connectivity index (χ2n) is 5.87. The van der Waals surface area contributed by atoms with Crippen LogP contribution in [-0.4, -0.2) is 18.0 Å². The van der Waals surface area contributed by atoms with Gasteiger partial charge in [-0.3, -0.25) is 4.79 Å². The normalized spacial score (nSPS) is 12.8. The number of nitrogens with two attached hydrogens (primary N) is 1. The lowest BCUT2D eigenvalue weighted by Gasteiger charge is -2.17. The Morgan fingerprint density at radius 1 is 1.08 bits per heavy atom. The highest BCUT2D eigenvalue weighted by Crippen LogP contribution is 2.26. The molecule has 0 aliphatic carbocycles. The summed E-state index contributed by atoms with van der Waals surface area (Å²) < 4.78 is 5.96. The molecule has 132 valence electrons. The Morgan fingerprint density at radius 3 is 2.36 bits per heavy atom. The van der Waals surface area contributed by atoms with Crippen molar-refractivity contribution in [3.8, 4) is 5.75 Å². The quantitative estimate of drug-likeness (QED) is 0.753. The lowest BCUT2D eigenvalue weighted by molar-refractivity contribution is -0.117. The van der Waals surface area contributed by atoms with E-state index in [-0.39, 0.29) is 12.0 Å². The average molecular weight is 341 g/mol. The molecule has 0 heterocycles. The Bertz CT molecular complexity index is 747. The van der Waals surface area contributed by atoms with Gasteiger partial charge >= 0.3 is 6.03 Å². The highest BCUT2D eigenvalue weighted by atomic mass is 16.5. The predicted molar refractivity (Wildman–Crippen MR) is 97.5 cm³/mol. The van der Waals surface area contributed by atoms with E-state index in [1.165, 1.54) is 0 Å². The van der Waals surface area contributed by atoms with E-state index >= 15 is 0 Å². The Kier molecular flexibility index (Phi) is 6.00. The molecule has 0 radical (unpaired) electrons. The summed E-state index contributed by atoms with van der Waals surface area (Å²) in [4.78, 5) is 22.8. The first-order valence-corrected chi connectivity index (χ1v) is 8.06. The van der Waals surface area contributed by atoms with E-state index < -0.39 is 12.1 Å². The van der Waals surface area contributed by atoms with E-state index in [2.05, 4.69) is 10.6 Å². The summed E-state index contributed by atoms with van der Waals surface area (Å²) in [6.07, 6.45) is -0.0826. The topological polar surface area (TPSA) is 93.4 Å². The number of carbonyl (C=O) groups is 2. The van der Waals surface area contributed by atoms with E-state index in [1.54, 1.807) is 19.1 Å². The molecule has 2 unspecified atom stereocenters. The van der Waals surface area contributed by atoms with Crippen LogP contribution in [0.1, 0.15) is 31.1 Å². The van der Waals surface area contributed by atoms with Crippen LogP contribution in [0.15, 0.2) is 48.5 Å². The van der Waals surface area contributed by atoms with Crippen molar-refractivity contribution in [1.82, 2.24) is 5.32 Å². The van der Waals surface area contributed by atoms with Crippen LogP contribution in [0.25, 0.3) is 0 Å². The van der Waals surface area contributed by atoms with E-state index in [0.29, 0.717) is 5.69 Å². The minimum Gasteiger partial charge on any atom is -0.486 e. The summed E-state index contributed by atoms with van der Waals surface area (Å²) in [5.74, 6) is 0.378. The van der Waals surface area contributed by atoms with Crippen LogP contribution in [-0.2, 0) is 4.79 Å². The van der Waals surface area contributed by atoms with Gasteiger partial charge in [-0.2, -0.15) is 0 Å². The zero-order chi connectivity index (χ0) is 18.4. The number of ether oxygens (including phenoxy) is 1. The lowest BCUT2D eigenvalue weighted by atomic mass is 10.1. The fourth-order valence-corrected chi connectivity index (χ4v) is 2.37. The molecular formula is C19H23N3O3. The van der Waals surface area contributed by atoms with Crippen molar-refractivity contribution in [2.45, 2.75) is 32.9 Å². The van der Waals surface area contributed by atoms with Crippen LogP contribution in [0.2, 0.25) is 0 Å². The van der Waals surface area contributed by atoms with Crippen LogP contribution in [0.4, 0.5) is 10.5 Å². The second kappa shape index (κ2) is 8.19. The molecule has 0 bridgehead atoms. The zero-order valence-electron chi connectivity index (χ0n) is 14.6. The molecule has 0 spiro atoms. The Balaban J connectivity index is 2.03. The van der Waals surface area contributed by atoms with E-state index in [9.17, 15) is 9.59 Å². The van der Waals surface area contributed by atoms with Crippen LogP contribution >= 0.6 is 0 Å². The number of benzene rings is 2. The summed E-state index contributed by atoms with van der Waals surface area (Å²) in [6, 6.07) is 13.9. The van der Waals surface area contributed by atoms with E-state index in [0.717, 1.165) is 16.9 Å². The summed E-state index contributed by atoms with van der Waals surface area (Å²) in [5, 5.41) is 5.10. The summed E-state index contributed by atoms with van der Waals surface area (Å²) >= 11 is 0. The van der Waals surface area contributed by atoms with Crippen molar-refractivity contribution < 1.29 is 14.3 Å². The number of primary amides is 1. The van der Waals surface area contributed by atoms with Crippen molar-refractivity contribution in [1.29, 1.82) is 0 Å². The molecule has 2 aromatic carbocycles. The minimum atomic E-state index is -0.738. The van der Waals surface area contributed by atoms with Gasteiger partial charge in [0.1, 0.15) is 17.9 Å². The molecular weight excluding hydrogens is 318 g/mol. The first-order chi connectivity index (χ1) is 11.9. The maximum atomic E-state index is 12.0. The number of nitrogens with one attached hydrogen (secondary N) is 2. The number of hydrogen-bond acceptors (Lipinski definition) is 3. The number of urea groups is 1. The molecule has 4 N–H and O–H groups in total. The molecule has 0 saturated heterocycles. The highest BCUT2D eigenvalue weighted by Gasteiger charge is 2.15. The van der Waals surface area contributed by atoms with Gasteiger partial charge in [0.2, 0.25) is 5.91 Å². The molecule has 2 aromatic rings.